The summed E-state index contributed by atoms with van der Waals surface area (Å²) in [5.41, 5.74) is 2.92. The average Bonchev–Trinajstić information content (AvgIpc) is 2.65. The van der Waals surface area contributed by atoms with Gasteiger partial charge >= 0.3 is 0 Å². The van der Waals surface area contributed by atoms with Gasteiger partial charge in [0.05, 0.1) is 31.0 Å². The molecule has 134 valence electrons. The number of aryl methyl sites for hydroxylation is 1. The molecule has 0 aliphatic carbocycles. The lowest BCUT2D eigenvalue weighted by molar-refractivity contribution is 0.0950. The topological polar surface area (TPSA) is 60.5 Å². The highest BCUT2D eigenvalue weighted by Crippen LogP contribution is 2.27. The molecule has 1 aromatic heterocycles. The van der Waals surface area contributed by atoms with Crippen LogP contribution in [0.2, 0.25) is 5.02 Å². The number of amides is 1. The molecule has 1 amide bonds. The van der Waals surface area contributed by atoms with Gasteiger partial charge in [-0.2, -0.15) is 0 Å². The Labute approximate surface area is 156 Å². The molecule has 0 bridgehead atoms. The fraction of sp³-hybridized carbons (Fsp3) is 0.200. The third kappa shape index (κ3) is 3.73. The number of hydrogen-bond acceptors (Lipinski definition) is 4. The number of nitrogens with one attached hydrogen (secondary N) is 1. The SMILES string of the molecule is COc1ccc(CNC(=O)c2cc3cc(Cl)ccc3nc2C)cc1OC. The van der Waals surface area contributed by atoms with Gasteiger partial charge in [0.1, 0.15) is 0 Å². The second kappa shape index (κ2) is 7.62. The third-order valence-corrected chi connectivity index (χ3v) is 4.35. The first-order valence-corrected chi connectivity index (χ1v) is 8.45. The highest BCUT2D eigenvalue weighted by atomic mass is 35.5. The number of pyridine rings is 1. The Balaban J connectivity index is 1.80. The van der Waals surface area contributed by atoms with Gasteiger partial charge in [0.25, 0.3) is 5.91 Å². The fourth-order valence-corrected chi connectivity index (χ4v) is 2.92. The van der Waals surface area contributed by atoms with Crippen LogP contribution in [-0.4, -0.2) is 25.1 Å². The number of halogens is 1. The molecule has 0 fully saturated rings. The van der Waals surface area contributed by atoms with Crippen molar-refractivity contribution in [1.29, 1.82) is 0 Å². The minimum absolute atomic E-state index is 0.188. The van der Waals surface area contributed by atoms with E-state index in [0.29, 0.717) is 34.3 Å². The average molecular weight is 371 g/mol. The molecular weight excluding hydrogens is 352 g/mol. The summed E-state index contributed by atoms with van der Waals surface area (Å²) in [6, 6.07) is 12.8. The molecule has 0 unspecified atom stereocenters. The van der Waals surface area contributed by atoms with E-state index in [4.69, 9.17) is 21.1 Å². The van der Waals surface area contributed by atoms with Gasteiger partial charge in [-0.05, 0) is 48.9 Å². The Hall–Kier alpha value is -2.79. The third-order valence-electron chi connectivity index (χ3n) is 4.11. The van der Waals surface area contributed by atoms with Crippen LogP contribution >= 0.6 is 11.6 Å². The molecular formula is C20H19ClN2O3. The van der Waals surface area contributed by atoms with E-state index in [1.165, 1.54) is 0 Å². The van der Waals surface area contributed by atoms with Gasteiger partial charge < -0.3 is 14.8 Å². The van der Waals surface area contributed by atoms with Gasteiger partial charge in [-0.25, -0.2) is 0 Å². The van der Waals surface area contributed by atoms with Crippen molar-refractivity contribution in [2.24, 2.45) is 0 Å². The molecule has 0 aliphatic heterocycles. The highest BCUT2D eigenvalue weighted by molar-refractivity contribution is 6.31. The lowest BCUT2D eigenvalue weighted by Gasteiger charge is -2.11. The zero-order valence-corrected chi connectivity index (χ0v) is 15.6. The zero-order chi connectivity index (χ0) is 18.7. The van der Waals surface area contributed by atoms with E-state index in [1.807, 2.05) is 37.3 Å². The Morgan fingerprint density at radius 3 is 2.58 bits per heavy atom. The maximum absolute atomic E-state index is 12.6. The second-order valence-corrected chi connectivity index (χ2v) is 6.27. The van der Waals surface area contributed by atoms with Crippen LogP contribution in [0.3, 0.4) is 0 Å². The number of methoxy groups -OCH3 is 2. The van der Waals surface area contributed by atoms with Crippen LogP contribution < -0.4 is 14.8 Å². The molecule has 3 rings (SSSR count). The Morgan fingerprint density at radius 2 is 1.85 bits per heavy atom. The largest absolute Gasteiger partial charge is 0.493 e. The maximum Gasteiger partial charge on any atom is 0.253 e. The van der Waals surface area contributed by atoms with E-state index >= 15 is 0 Å². The first-order chi connectivity index (χ1) is 12.5. The smallest absolute Gasteiger partial charge is 0.253 e. The van der Waals surface area contributed by atoms with Gasteiger partial charge in [0.2, 0.25) is 0 Å². The van der Waals surface area contributed by atoms with Crippen LogP contribution in [-0.2, 0) is 6.54 Å². The van der Waals surface area contributed by atoms with Crippen molar-refractivity contribution >= 4 is 28.4 Å². The lowest BCUT2D eigenvalue weighted by atomic mass is 10.1. The minimum atomic E-state index is -0.188. The summed E-state index contributed by atoms with van der Waals surface area (Å²) >= 11 is 6.03. The number of aromatic nitrogens is 1. The number of carbonyl (C=O) groups is 1. The molecule has 5 nitrogen and oxygen atoms in total. The van der Waals surface area contributed by atoms with Crippen LogP contribution in [0, 0.1) is 6.92 Å². The summed E-state index contributed by atoms with van der Waals surface area (Å²) in [6.45, 7) is 2.19. The molecule has 0 aliphatic rings. The fourth-order valence-electron chi connectivity index (χ4n) is 2.74. The van der Waals surface area contributed by atoms with E-state index in [1.54, 1.807) is 26.4 Å². The van der Waals surface area contributed by atoms with Crippen molar-refractivity contribution in [3.8, 4) is 11.5 Å². The molecule has 26 heavy (non-hydrogen) atoms. The molecule has 0 spiro atoms. The summed E-state index contributed by atoms with van der Waals surface area (Å²) in [5.74, 6) is 1.08. The van der Waals surface area contributed by atoms with Crippen LogP contribution in [0.4, 0.5) is 0 Å². The number of fused-ring (bicyclic) bond motifs is 1. The summed E-state index contributed by atoms with van der Waals surface area (Å²) in [6.07, 6.45) is 0. The molecule has 2 aromatic carbocycles. The van der Waals surface area contributed by atoms with E-state index in [-0.39, 0.29) is 5.91 Å². The van der Waals surface area contributed by atoms with Crippen molar-refractivity contribution in [3.05, 3.63) is 64.3 Å². The van der Waals surface area contributed by atoms with Gasteiger partial charge in [-0.1, -0.05) is 17.7 Å². The van der Waals surface area contributed by atoms with E-state index in [0.717, 1.165) is 16.5 Å². The number of rotatable bonds is 5. The number of ether oxygens (including phenoxy) is 2. The van der Waals surface area contributed by atoms with Crippen molar-refractivity contribution in [1.82, 2.24) is 10.3 Å². The quantitative estimate of drug-likeness (QED) is 0.733. The number of benzene rings is 2. The molecule has 0 saturated heterocycles. The molecule has 3 aromatic rings. The van der Waals surface area contributed by atoms with E-state index in [9.17, 15) is 4.79 Å². The van der Waals surface area contributed by atoms with Crippen LogP contribution in [0.25, 0.3) is 10.9 Å². The first-order valence-electron chi connectivity index (χ1n) is 8.08. The molecule has 0 saturated carbocycles. The zero-order valence-electron chi connectivity index (χ0n) is 14.8. The standard InChI is InChI=1S/C20H19ClN2O3/c1-12-16(10-14-9-15(21)5-6-17(14)23-12)20(24)22-11-13-4-7-18(25-2)19(8-13)26-3/h4-10H,11H2,1-3H3,(H,22,24). The predicted molar refractivity (Wildman–Crippen MR) is 102 cm³/mol. The van der Waals surface area contributed by atoms with Crippen molar-refractivity contribution in [2.75, 3.05) is 14.2 Å². The summed E-state index contributed by atoms with van der Waals surface area (Å²) < 4.78 is 10.5. The van der Waals surface area contributed by atoms with Crippen LogP contribution in [0.1, 0.15) is 21.6 Å². The number of nitrogens with zero attached hydrogens (tertiary/aromatic N) is 1. The molecule has 1 heterocycles. The summed E-state index contributed by atoms with van der Waals surface area (Å²) in [7, 11) is 3.16. The maximum atomic E-state index is 12.6. The summed E-state index contributed by atoms with van der Waals surface area (Å²) in [5, 5.41) is 4.36. The van der Waals surface area contributed by atoms with Crippen LogP contribution in [0.5, 0.6) is 11.5 Å². The van der Waals surface area contributed by atoms with E-state index in [2.05, 4.69) is 10.3 Å². The Kier molecular flexibility index (Phi) is 5.28. The van der Waals surface area contributed by atoms with Gasteiger partial charge in [0.15, 0.2) is 11.5 Å². The first kappa shape index (κ1) is 18.0. The lowest BCUT2D eigenvalue weighted by Crippen LogP contribution is -2.24. The molecule has 1 N–H and O–H groups in total. The Bertz CT molecular complexity index is 973. The molecule has 6 heteroatoms. The van der Waals surface area contributed by atoms with Crippen molar-refractivity contribution < 1.29 is 14.3 Å². The monoisotopic (exact) mass is 370 g/mol. The number of carbonyl (C=O) groups excluding carboxylic acids is 1. The van der Waals surface area contributed by atoms with Crippen LogP contribution in [0.15, 0.2) is 42.5 Å². The summed E-state index contributed by atoms with van der Waals surface area (Å²) in [4.78, 5) is 17.1. The molecule has 0 radical (unpaired) electrons. The van der Waals surface area contributed by atoms with Crippen molar-refractivity contribution in [2.45, 2.75) is 13.5 Å². The van der Waals surface area contributed by atoms with Gasteiger partial charge in [0, 0.05) is 17.0 Å². The highest BCUT2D eigenvalue weighted by Gasteiger charge is 2.12. The molecule has 0 atom stereocenters. The minimum Gasteiger partial charge on any atom is -0.493 e. The Morgan fingerprint density at radius 1 is 1.08 bits per heavy atom. The second-order valence-electron chi connectivity index (χ2n) is 5.83. The predicted octanol–water partition coefficient (Wildman–Crippen LogP) is 4.14. The van der Waals surface area contributed by atoms with Gasteiger partial charge in [-0.3, -0.25) is 9.78 Å². The van der Waals surface area contributed by atoms with Crippen molar-refractivity contribution in [3.63, 3.8) is 0 Å². The normalized spacial score (nSPS) is 10.6. The van der Waals surface area contributed by atoms with Gasteiger partial charge in [-0.15, -0.1) is 0 Å². The number of hydrogen-bond donors (Lipinski definition) is 1. The van der Waals surface area contributed by atoms with E-state index < -0.39 is 0 Å².